The van der Waals surface area contributed by atoms with Crippen LogP contribution in [-0.4, -0.2) is 68.1 Å². The molecule has 0 aliphatic carbocycles. The fourth-order valence-electron chi connectivity index (χ4n) is 5.38. The first-order valence-electron chi connectivity index (χ1n) is 14.8. The van der Waals surface area contributed by atoms with E-state index in [-0.39, 0.29) is 49.1 Å². The number of methoxy groups -OCH3 is 2. The summed E-state index contributed by atoms with van der Waals surface area (Å²) in [6, 6.07) is 4.05. The summed E-state index contributed by atoms with van der Waals surface area (Å²) in [5.41, 5.74) is -1.73. The number of pyridine rings is 1. The number of anilines is 3. The molecular weight excluding hydrogens is 634 g/mol. The van der Waals surface area contributed by atoms with Gasteiger partial charge in [0, 0.05) is 51.0 Å². The van der Waals surface area contributed by atoms with Crippen molar-refractivity contribution in [3.63, 3.8) is 0 Å². The molecule has 0 radical (unpaired) electrons. The Balaban J connectivity index is 1.75. The Hall–Kier alpha value is -4.34. The van der Waals surface area contributed by atoms with Crippen molar-refractivity contribution in [3.05, 3.63) is 64.5 Å². The molecule has 16 heteroatoms. The summed E-state index contributed by atoms with van der Waals surface area (Å²) in [6.07, 6.45) is -8.44. The largest absolute Gasteiger partial charge is 0.481 e. The fourth-order valence-corrected chi connectivity index (χ4v) is 5.38. The van der Waals surface area contributed by atoms with Gasteiger partial charge in [0.25, 0.3) is 0 Å². The van der Waals surface area contributed by atoms with Gasteiger partial charge in [0.05, 0.1) is 48.9 Å². The van der Waals surface area contributed by atoms with Gasteiger partial charge in [-0.1, -0.05) is 6.92 Å². The second kappa shape index (κ2) is 14.6. The minimum Gasteiger partial charge on any atom is -0.481 e. The first kappa shape index (κ1) is 35.5. The van der Waals surface area contributed by atoms with Crippen LogP contribution in [0.1, 0.15) is 60.7 Å². The van der Waals surface area contributed by atoms with Crippen LogP contribution >= 0.6 is 0 Å². The fraction of sp³-hybridized carbons (Fsp3) is 0.484. The highest BCUT2D eigenvalue weighted by Gasteiger charge is 2.39. The number of hydrogen-bond acceptors (Lipinski definition) is 9. The van der Waals surface area contributed by atoms with Crippen LogP contribution in [0.5, 0.6) is 5.88 Å². The lowest BCUT2D eigenvalue weighted by atomic mass is 9.93. The van der Waals surface area contributed by atoms with Gasteiger partial charge in [0.1, 0.15) is 5.82 Å². The number of nitrogens with zero attached hydrogens (tertiary/aromatic N) is 5. The average Bonchev–Trinajstić information content (AvgIpc) is 3.02. The Morgan fingerprint density at radius 1 is 1.04 bits per heavy atom. The van der Waals surface area contributed by atoms with Gasteiger partial charge < -0.3 is 24.4 Å². The van der Waals surface area contributed by atoms with Gasteiger partial charge in [-0.15, -0.1) is 0 Å². The Labute approximate surface area is 268 Å². The summed E-state index contributed by atoms with van der Waals surface area (Å²) in [5, 5.41) is 3.27. The minimum absolute atomic E-state index is 0.0936. The molecule has 256 valence electrons. The van der Waals surface area contributed by atoms with Crippen molar-refractivity contribution < 1.29 is 45.3 Å². The number of alkyl halides is 6. The monoisotopic (exact) mass is 670 g/mol. The van der Waals surface area contributed by atoms with Gasteiger partial charge in [-0.05, 0) is 49.6 Å². The maximum atomic E-state index is 13.5. The van der Waals surface area contributed by atoms with Crippen molar-refractivity contribution in [2.24, 2.45) is 0 Å². The molecule has 2 atom stereocenters. The number of fused-ring (bicyclic) bond motifs is 1. The highest BCUT2D eigenvalue weighted by atomic mass is 19.4. The quantitative estimate of drug-likeness (QED) is 0.219. The predicted molar refractivity (Wildman–Crippen MR) is 162 cm³/mol. The Morgan fingerprint density at radius 2 is 1.72 bits per heavy atom. The van der Waals surface area contributed by atoms with Crippen LogP contribution in [0.3, 0.4) is 0 Å². The molecule has 0 fully saturated rings. The molecule has 1 amide bonds. The van der Waals surface area contributed by atoms with Crippen LogP contribution in [0, 0.1) is 0 Å². The smallest absolute Gasteiger partial charge is 0.416 e. The molecule has 0 spiro atoms. The number of likely N-dealkylation sites (N-methyl/N-ethyl adjacent to an activating group) is 1. The number of rotatable bonds is 11. The molecule has 1 N–H and O–H groups in total. The molecule has 47 heavy (non-hydrogen) atoms. The topological polar surface area (TPSA) is 102 Å². The summed E-state index contributed by atoms with van der Waals surface area (Å²) in [6.45, 7) is 4.41. The number of halogens is 6. The van der Waals surface area contributed by atoms with Crippen molar-refractivity contribution in [2.45, 2.75) is 57.5 Å². The number of ether oxygens (including phenoxy) is 3. The molecular formula is C31H36F6N6O4. The normalized spacial score (nSPS) is 16.4. The lowest BCUT2D eigenvalue weighted by Crippen LogP contribution is -2.46. The Morgan fingerprint density at radius 3 is 2.30 bits per heavy atom. The van der Waals surface area contributed by atoms with E-state index in [1.807, 2.05) is 6.92 Å². The summed E-state index contributed by atoms with van der Waals surface area (Å²) >= 11 is 0. The van der Waals surface area contributed by atoms with E-state index in [4.69, 9.17) is 14.2 Å². The van der Waals surface area contributed by atoms with Gasteiger partial charge in [-0.3, -0.25) is 4.90 Å². The van der Waals surface area contributed by atoms with E-state index >= 15 is 0 Å². The summed E-state index contributed by atoms with van der Waals surface area (Å²) < 4.78 is 97.1. The second-order valence-corrected chi connectivity index (χ2v) is 10.9. The number of nitrogens with one attached hydrogen (secondary N) is 1. The number of amides is 1. The second-order valence-electron chi connectivity index (χ2n) is 10.9. The first-order valence-corrected chi connectivity index (χ1v) is 14.8. The van der Waals surface area contributed by atoms with Crippen LogP contribution < -0.4 is 19.9 Å². The number of hydrogen-bond donors (Lipinski definition) is 1. The molecule has 1 aromatic carbocycles. The molecule has 2 aromatic heterocycles. The number of carbonyl (C=O) groups is 1. The van der Waals surface area contributed by atoms with Crippen LogP contribution in [0.15, 0.2) is 36.5 Å². The first-order chi connectivity index (χ1) is 22.2. The minimum atomic E-state index is -4.98. The lowest BCUT2D eigenvalue weighted by molar-refractivity contribution is -0.143. The molecule has 0 bridgehead atoms. The summed E-state index contributed by atoms with van der Waals surface area (Å²) in [7, 11) is 4.63. The number of aromatic nitrogens is 3. The lowest BCUT2D eigenvalue weighted by Gasteiger charge is -2.39. The summed E-state index contributed by atoms with van der Waals surface area (Å²) in [5.74, 6) is 0.721. The molecule has 0 saturated carbocycles. The zero-order valence-corrected chi connectivity index (χ0v) is 26.5. The Bertz CT molecular complexity index is 1520. The van der Waals surface area contributed by atoms with E-state index in [2.05, 4.69) is 20.3 Å². The van der Waals surface area contributed by atoms with Gasteiger partial charge >= 0.3 is 18.4 Å². The van der Waals surface area contributed by atoms with E-state index in [9.17, 15) is 31.1 Å². The van der Waals surface area contributed by atoms with Crippen LogP contribution in [0.2, 0.25) is 0 Å². The third-order valence-electron chi connectivity index (χ3n) is 7.66. The molecule has 0 saturated heterocycles. The zero-order valence-electron chi connectivity index (χ0n) is 26.5. The van der Waals surface area contributed by atoms with Gasteiger partial charge in [-0.25, -0.2) is 14.8 Å². The van der Waals surface area contributed by atoms with E-state index in [1.54, 1.807) is 35.9 Å². The predicted octanol–water partition coefficient (Wildman–Crippen LogP) is 6.89. The maximum absolute atomic E-state index is 13.5. The number of benzene rings is 1. The molecule has 1 aliphatic heterocycles. The van der Waals surface area contributed by atoms with E-state index in [0.717, 1.165) is 0 Å². The third-order valence-corrected chi connectivity index (χ3v) is 7.66. The van der Waals surface area contributed by atoms with Gasteiger partial charge in [0.15, 0.2) is 0 Å². The maximum Gasteiger partial charge on any atom is 0.416 e. The average molecular weight is 671 g/mol. The van der Waals surface area contributed by atoms with Crippen LogP contribution in [-0.2, 0) is 28.2 Å². The molecule has 10 nitrogen and oxygen atoms in total. The molecule has 0 unspecified atom stereocenters. The van der Waals surface area contributed by atoms with Gasteiger partial charge in [-0.2, -0.15) is 31.3 Å². The number of carbonyl (C=O) groups excluding carboxylic acids is 1. The van der Waals surface area contributed by atoms with E-state index in [0.29, 0.717) is 54.3 Å². The molecule has 1 aliphatic rings. The Kier molecular flexibility index (Phi) is 11.0. The van der Waals surface area contributed by atoms with Crippen molar-refractivity contribution in [1.82, 2.24) is 15.0 Å². The standard InChI is InChI=1S/C31H36F6N6O4/c1-6-22-16-23(26-24(8-9-25(40-26)46-5)43(22)29(44)47-7-2)39-28-38-17-19(27(41-28)42(3)10-11-45-4)12-18-13-20(30(32,33)34)15-21(14-18)31(35,36)37/h8-9,13-15,17,22-23H,6-7,10-12,16H2,1-5H3,(H,38,39,41)/t22-,23+/m1/s1. The molecule has 4 rings (SSSR count). The zero-order chi connectivity index (χ0) is 34.5. The molecule has 3 aromatic rings. The van der Waals surface area contributed by atoms with Crippen molar-refractivity contribution in [2.75, 3.05) is 56.1 Å². The van der Waals surface area contributed by atoms with Crippen LogP contribution in [0.4, 0.5) is 48.6 Å². The van der Waals surface area contributed by atoms with Crippen LogP contribution in [0.25, 0.3) is 0 Å². The third kappa shape index (κ3) is 8.34. The van der Waals surface area contributed by atoms with E-state index in [1.165, 1.54) is 20.4 Å². The SMILES string of the molecule is CCOC(=O)N1c2ccc(OC)nc2[C@@H](Nc2ncc(Cc3cc(C(F)(F)F)cc(C(F)(F)F)c3)c(N(C)CCOC)n2)C[C@H]1CC. The van der Waals surface area contributed by atoms with Crippen molar-refractivity contribution >= 4 is 23.5 Å². The highest BCUT2D eigenvalue weighted by molar-refractivity contribution is 5.90. The molecule has 3 heterocycles. The van der Waals surface area contributed by atoms with E-state index < -0.39 is 35.6 Å². The highest BCUT2D eigenvalue weighted by Crippen LogP contribution is 2.41. The summed E-state index contributed by atoms with van der Waals surface area (Å²) in [4.78, 5) is 29.8. The van der Waals surface area contributed by atoms with Crippen molar-refractivity contribution in [1.29, 1.82) is 0 Å². The van der Waals surface area contributed by atoms with Crippen molar-refractivity contribution in [3.8, 4) is 5.88 Å². The van der Waals surface area contributed by atoms with Gasteiger partial charge in [0.2, 0.25) is 11.8 Å².